The number of hydrogen-bond acceptors (Lipinski definition) is 5. The van der Waals surface area contributed by atoms with Gasteiger partial charge in [0, 0.05) is 24.3 Å². The van der Waals surface area contributed by atoms with Crippen molar-refractivity contribution in [2.45, 2.75) is 56.7 Å². The number of carbonyl (C=O) groups is 2. The van der Waals surface area contributed by atoms with E-state index in [0.29, 0.717) is 17.4 Å². The summed E-state index contributed by atoms with van der Waals surface area (Å²) in [7, 11) is 0. The number of aromatic nitrogens is 1. The molecular formula is C18H26N4O3S. The Kier molecular flexibility index (Phi) is 6.60. The first-order valence-electron chi connectivity index (χ1n) is 9.21. The summed E-state index contributed by atoms with van der Waals surface area (Å²) >= 11 is 1.97. The van der Waals surface area contributed by atoms with Crippen LogP contribution in [0.3, 0.4) is 0 Å². The summed E-state index contributed by atoms with van der Waals surface area (Å²) in [4.78, 5) is 27.8. The van der Waals surface area contributed by atoms with Gasteiger partial charge in [-0.3, -0.25) is 4.79 Å². The van der Waals surface area contributed by atoms with Crippen LogP contribution in [0.25, 0.3) is 0 Å². The molecule has 4 N–H and O–H groups in total. The molecule has 1 saturated heterocycles. The molecule has 8 heteroatoms. The van der Waals surface area contributed by atoms with Gasteiger partial charge in [-0.05, 0) is 62.2 Å². The molecule has 0 radical (unpaired) electrons. The fourth-order valence-electron chi connectivity index (χ4n) is 3.56. The predicted octanol–water partition coefficient (Wildman–Crippen LogP) is 2.70. The number of carboxylic acid groups (broad SMARTS) is 1. The maximum absolute atomic E-state index is 12.7. The van der Waals surface area contributed by atoms with Gasteiger partial charge in [0.1, 0.15) is 5.82 Å². The molecule has 1 aromatic heterocycles. The van der Waals surface area contributed by atoms with Crippen LogP contribution in [0.15, 0.2) is 18.3 Å². The number of nitrogens with one attached hydrogen (secondary N) is 3. The number of amides is 2. The molecular weight excluding hydrogens is 352 g/mol. The van der Waals surface area contributed by atoms with Gasteiger partial charge in [-0.25, -0.2) is 9.78 Å². The Bertz CT molecular complexity index is 629. The zero-order valence-electron chi connectivity index (χ0n) is 14.7. The normalized spacial score (nSPS) is 23.8. The molecule has 142 valence electrons. The molecule has 3 rings (SSSR count). The Morgan fingerprint density at radius 1 is 1.00 bits per heavy atom. The molecule has 1 aromatic rings. The van der Waals surface area contributed by atoms with Gasteiger partial charge in [-0.2, -0.15) is 11.8 Å². The zero-order valence-corrected chi connectivity index (χ0v) is 15.6. The smallest absolute Gasteiger partial charge is 0.404 e. The van der Waals surface area contributed by atoms with Crippen LogP contribution in [0.1, 0.15) is 48.9 Å². The Morgan fingerprint density at radius 2 is 1.65 bits per heavy atom. The van der Waals surface area contributed by atoms with Crippen LogP contribution in [0.5, 0.6) is 0 Å². The van der Waals surface area contributed by atoms with Crippen LogP contribution < -0.4 is 16.0 Å². The van der Waals surface area contributed by atoms with Crippen molar-refractivity contribution in [3.05, 3.63) is 23.9 Å². The van der Waals surface area contributed by atoms with Gasteiger partial charge in [-0.15, -0.1) is 0 Å². The van der Waals surface area contributed by atoms with Crippen molar-refractivity contribution in [1.82, 2.24) is 15.6 Å². The van der Waals surface area contributed by atoms with E-state index >= 15 is 0 Å². The van der Waals surface area contributed by atoms with Gasteiger partial charge in [0.05, 0.1) is 5.56 Å². The van der Waals surface area contributed by atoms with Gasteiger partial charge in [0.25, 0.3) is 5.91 Å². The first kappa shape index (κ1) is 18.8. The maximum atomic E-state index is 12.7. The highest BCUT2D eigenvalue weighted by Gasteiger charge is 2.25. The van der Waals surface area contributed by atoms with Gasteiger partial charge in [0.15, 0.2) is 0 Å². The molecule has 0 atom stereocenters. The highest BCUT2D eigenvalue weighted by Crippen LogP contribution is 2.23. The van der Waals surface area contributed by atoms with Crippen LogP contribution in [-0.4, -0.2) is 51.7 Å². The highest BCUT2D eigenvalue weighted by molar-refractivity contribution is 7.99. The minimum atomic E-state index is -0.982. The Balaban J connectivity index is 1.55. The lowest BCUT2D eigenvalue weighted by molar-refractivity contribution is 0.0923. The standard InChI is InChI=1S/C18H26N4O3S/c23-17(21-12-3-5-13(6-4-12)22-18(24)25)15-2-1-9-19-16(15)20-14-7-10-26-11-8-14/h1-2,9,12-14,22H,3-8,10-11H2,(H,19,20)(H,21,23)(H,24,25). The van der Waals surface area contributed by atoms with E-state index in [2.05, 4.69) is 20.9 Å². The van der Waals surface area contributed by atoms with E-state index < -0.39 is 6.09 Å². The number of pyridine rings is 1. The first-order chi connectivity index (χ1) is 12.6. The number of thioether (sulfide) groups is 1. The third kappa shape index (κ3) is 5.27. The van der Waals surface area contributed by atoms with E-state index in [1.807, 2.05) is 11.8 Å². The second-order valence-electron chi connectivity index (χ2n) is 6.90. The summed E-state index contributed by atoms with van der Waals surface area (Å²) in [6.45, 7) is 0. The quantitative estimate of drug-likeness (QED) is 0.628. The molecule has 2 amide bonds. The molecule has 1 aliphatic carbocycles. The van der Waals surface area contributed by atoms with E-state index in [9.17, 15) is 9.59 Å². The van der Waals surface area contributed by atoms with Crippen molar-refractivity contribution in [3.8, 4) is 0 Å². The topological polar surface area (TPSA) is 103 Å². The van der Waals surface area contributed by atoms with E-state index in [4.69, 9.17) is 5.11 Å². The van der Waals surface area contributed by atoms with Crippen LogP contribution in [0.2, 0.25) is 0 Å². The Morgan fingerprint density at radius 3 is 2.31 bits per heavy atom. The fourth-order valence-corrected chi connectivity index (χ4v) is 4.67. The summed E-state index contributed by atoms with van der Waals surface area (Å²) < 4.78 is 0. The number of anilines is 1. The van der Waals surface area contributed by atoms with E-state index in [1.165, 1.54) is 0 Å². The summed E-state index contributed by atoms with van der Waals surface area (Å²) in [5.74, 6) is 2.82. The Labute approximate surface area is 157 Å². The van der Waals surface area contributed by atoms with Crippen molar-refractivity contribution >= 4 is 29.6 Å². The average molecular weight is 378 g/mol. The van der Waals surface area contributed by atoms with E-state index in [0.717, 1.165) is 50.0 Å². The molecule has 0 unspecified atom stereocenters. The van der Waals surface area contributed by atoms with Gasteiger partial charge >= 0.3 is 6.09 Å². The van der Waals surface area contributed by atoms with Crippen molar-refractivity contribution in [1.29, 1.82) is 0 Å². The number of carbonyl (C=O) groups excluding carboxylic acids is 1. The third-order valence-corrected chi connectivity index (χ3v) is 6.05. The van der Waals surface area contributed by atoms with E-state index in [1.54, 1.807) is 18.3 Å². The molecule has 2 aliphatic rings. The SMILES string of the molecule is O=C(O)NC1CCC(NC(=O)c2cccnc2NC2CCSCC2)CC1. The minimum Gasteiger partial charge on any atom is -0.465 e. The third-order valence-electron chi connectivity index (χ3n) is 5.00. The number of nitrogens with zero attached hydrogens (tertiary/aromatic N) is 1. The maximum Gasteiger partial charge on any atom is 0.404 e. The lowest BCUT2D eigenvalue weighted by atomic mass is 9.91. The van der Waals surface area contributed by atoms with Gasteiger partial charge in [0.2, 0.25) is 0 Å². The largest absolute Gasteiger partial charge is 0.465 e. The molecule has 0 bridgehead atoms. The van der Waals surface area contributed by atoms with Crippen LogP contribution in [0, 0.1) is 0 Å². The summed E-state index contributed by atoms with van der Waals surface area (Å²) in [5, 5.41) is 17.8. The molecule has 1 aliphatic heterocycles. The molecule has 0 aromatic carbocycles. The lowest BCUT2D eigenvalue weighted by Crippen LogP contribution is -2.43. The van der Waals surface area contributed by atoms with Crippen molar-refractivity contribution < 1.29 is 14.7 Å². The number of hydrogen-bond donors (Lipinski definition) is 4. The summed E-state index contributed by atoms with van der Waals surface area (Å²) in [6, 6.07) is 4.02. The molecule has 0 spiro atoms. The second kappa shape index (κ2) is 9.12. The fraction of sp³-hybridized carbons (Fsp3) is 0.611. The number of rotatable bonds is 5. The molecule has 26 heavy (non-hydrogen) atoms. The van der Waals surface area contributed by atoms with Crippen LogP contribution in [-0.2, 0) is 0 Å². The average Bonchev–Trinajstić information content (AvgIpc) is 2.64. The Hall–Kier alpha value is -1.96. The first-order valence-corrected chi connectivity index (χ1v) is 10.4. The zero-order chi connectivity index (χ0) is 18.4. The molecule has 7 nitrogen and oxygen atoms in total. The van der Waals surface area contributed by atoms with Crippen LogP contribution >= 0.6 is 11.8 Å². The summed E-state index contributed by atoms with van der Waals surface area (Å²) in [5.41, 5.74) is 0.580. The minimum absolute atomic E-state index is 0.0135. The predicted molar refractivity (Wildman–Crippen MR) is 103 cm³/mol. The monoisotopic (exact) mass is 378 g/mol. The molecule has 2 heterocycles. The van der Waals surface area contributed by atoms with Crippen molar-refractivity contribution in [2.24, 2.45) is 0 Å². The van der Waals surface area contributed by atoms with Gasteiger partial charge < -0.3 is 21.1 Å². The second-order valence-corrected chi connectivity index (χ2v) is 8.13. The summed E-state index contributed by atoms with van der Waals surface area (Å²) in [6.07, 6.45) is 5.94. The van der Waals surface area contributed by atoms with Crippen LogP contribution in [0.4, 0.5) is 10.6 Å². The molecule has 2 fully saturated rings. The van der Waals surface area contributed by atoms with E-state index in [-0.39, 0.29) is 18.0 Å². The lowest BCUT2D eigenvalue weighted by Gasteiger charge is -2.29. The molecule has 1 saturated carbocycles. The van der Waals surface area contributed by atoms with Crippen molar-refractivity contribution in [2.75, 3.05) is 16.8 Å². The van der Waals surface area contributed by atoms with Gasteiger partial charge in [-0.1, -0.05) is 0 Å². The highest BCUT2D eigenvalue weighted by atomic mass is 32.2. The van der Waals surface area contributed by atoms with Crippen molar-refractivity contribution in [3.63, 3.8) is 0 Å².